The maximum atomic E-state index is 11.6. The van der Waals surface area contributed by atoms with Crippen LogP contribution in [0.15, 0.2) is 60.7 Å². The summed E-state index contributed by atoms with van der Waals surface area (Å²) in [5.74, 6) is -0.376. The molecule has 0 amide bonds. The third kappa shape index (κ3) is 3.92. The third-order valence-corrected chi connectivity index (χ3v) is 5.04. The van der Waals surface area contributed by atoms with E-state index < -0.39 is 5.97 Å². The highest BCUT2D eigenvalue weighted by molar-refractivity contribution is 6.35. The Morgan fingerprint density at radius 3 is 2.50 bits per heavy atom. The average Bonchev–Trinajstić information content (AvgIpc) is 3.17. The van der Waals surface area contributed by atoms with Crippen LogP contribution in [0.5, 0.6) is 11.6 Å². The molecule has 0 bridgehead atoms. The molecule has 0 spiro atoms. The summed E-state index contributed by atoms with van der Waals surface area (Å²) in [6.07, 6.45) is 0. The van der Waals surface area contributed by atoms with Crippen LogP contribution in [0.3, 0.4) is 0 Å². The normalized spacial score (nSPS) is 10.9. The van der Waals surface area contributed by atoms with Crippen molar-refractivity contribution in [1.82, 2.24) is 15.0 Å². The number of halogens is 1. The van der Waals surface area contributed by atoms with E-state index in [1.165, 1.54) is 4.68 Å². The van der Waals surface area contributed by atoms with Gasteiger partial charge in [-0.3, -0.25) is 0 Å². The van der Waals surface area contributed by atoms with Gasteiger partial charge in [0.15, 0.2) is 0 Å². The number of methoxy groups -OCH3 is 1. The van der Waals surface area contributed by atoms with E-state index >= 15 is 0 Å². The van der Waals surface area contributed by atoms with Crippen LogP contribution in [0.4, 0.5) is 0 Å². The topological polar surface area (TPSA) is 86.5 Å². The molecule has 0 atom stereocenters. The smallest absolute Gasteiger partial charge is 0.362 e. The van der Waals surface area contributed by atoms with Gasteiger partial charge in [-0.25, -0.2) is 9.48 Å². The van der Waals surface area contributed by atoms with Gasteiger partial charge < -0.3 is 14.6 Å². The summed E-state index contributed by atoms with van der Waals surface area (Å²) in [6, 6.07) is 18.8. The number of benzene rings is 3. The molecule has 1 aromatic heterocycles. The van der Waals surface area contributed by atoms with Gasteiger partial charge in [-0.15, -0.1) is 5.10 Å². The molecule has 3 aromatic carbocycles. The lowest BCUT2D eigenvalue weighted by Crippen LogP contribution is -2.09. The summed E-state index contributed by atoms with van der Waals surface area (Å²) in [6.45, 7) is 0.453. The van der Waals surface area contributed by atoms with E-state index in [9.17, 15) is 9.90 Å². The molecule has 1 N–H and O–H groups in total. The fourth-order valence-corrected chi connectivity index (χ4v) is 3.41. The predicted octanol–water partition coefficient (Wildman–Crippen LogP) is 4.42. The van der Waals surface area contributed by atoms with Crippen molar-refractivity contribution in [3.63, 3.8) is 0 Å². The fraction of sp³-hybridized carbons (Fsp3) is 0.136. The van der Waals surface area contributed by atoms with Gasteiger partial charge in [-0.05, 0) is 34.7 Å². The van der Waals surface area contributed by atoms with Gasteiger partial charge in [0.2, 0.25) is 11.6 Å². The molecule has 0 saturated carbocycles. The van der Waals surface area contributed by atoms with E-state index in [1.54, 1.807) is 13.2 Å². The Morgan fingerprint density at radius 2 is 1.80 bits per heavy atom. The zero-order chi connectivity index (χ0) is 21.1. The Labute approximate surface area is 177 Å². The second-order valence-corrected chi connectivity index (χ2v) is 7.00. The van der Waals surface area contributed by atoms with Crippen LogP contribution < -0.4 is 9.47 Å². The summed E-state index contributed by atoms with van der Waals surface area (Å²) in [5.41, 5.74) is 1.55. The van der Waals surface area contributed by atoms with E-state index in [-0.39, 0.29) is 18.2 Å². The summed E-state index contributed by atoms with van der Waals surface area (Å²) >= 11 is 6.28. The highest BCUT2D eigenvalue weighted by Crippen LogP contribution is 2.28. The van der Waals surface area contributed by atoms with Crippen LogP contribution in [-0.2, 0) is 13.2 Å². The van der Waals surface area contributed by atoms with E-state index in [2.05, 4.69) is 10.3 Å². The maximum Gasteiger partial charge on any atom is 0.362 e. The molecular weight excluding hydrogens is 406 g/mol. The standard InChI is InChI=1S/C22H18ClN3O4/c1-29-16-9-6-14(7-10-16)12-26-21(20(22(27)28)24-25-26)30-13-15-8-11-19(23)18-5-3-2-4-17(15)18/h2-11H,12-13H2,1H3,(H,27,28). The molecule has 30 heavy (non-hydrogen) atoms. The number of nitrogens with zero attached hydrogens (tertiary/aromatic N) is 3. The first-order valence-electron chi connectivity index (χ1n) is 9.15. The van der Waals surface area contributed by atoms with Gasteiger partial charge in [-0.1, -0.05) is 59.3 Å². The minimum absolute atomic E-state index is 0.0948. The molecule has 8 heteroatoms. The van der Waals surface area contributed by atoms with Crippen molar-refractivity contribution >= 4 is 28.3 Å². The van der Waals surface area contributed by atoms with E-state index in [1.807, 2.05) is 54.6 Å². The summed E-state index contributed by atoms with van der Waals surface area (Å²) in [7, 11) is 1.60. The van der Waals surface area contributed by atoms with Crippen molar-refractivity contribution in [2.75, 3.05) is 7.11 Å². The number of aromatic carboxylic acids is 1. The molecule has 1 heterocycles. The molecule has 0 saturated heterocycles. The molecule has 4 aromatic rings. The van der Waals surface area contributed by atoms with Gasteiger partial charge in [0.1, 0.15) is 12.4 Å². The molecular formula is C22H18ClN3O4. The van der Waals surface area contributed by atoms with Crippen LogP contribution in [0.25, 0.3) is 10.8 Å². The van der Waals surface area contributed by atoms with Crippen molar-refractivity contribution < 1.29 is 19.4 Å². The zero-order valence-corrected chi connectivity index (χ0v) is 16.8. The number of fused-ring (bicyclic) bond motifs is 1. The van der Waals surface area contributed by atoms with Crippen molar-refractivity contribution in [2.24, 2.45) is 0 Å². The minimum atomic E-state index is -1.20. The Hall–Kier alpha value is -3.58. The van der Waals surface area contributed by atoms with E-state index in [0.717, 1.165) is 27.6 Å². The third-order valence-electron chi connectivity index (χ3n) is 4.71. The zero-order valence-electron chi connectivity index (χ0n) is 16.1. The van der Waals surface area contributed by atoms with Crippen molar-refractivity contribution in [3.05, 3.63) is 82.5 Å². The molecule has 0 aliphatic rings. The first-order chi connectivity index (χ1) is 14.6. The second kappa shape index (κ2) is 8.42. The number of hydrogen-bond acceptors (Lipinski definition) is 5. The fourth-order valence-electron chi connectivity index (χ4n) is 3.19. The Kier molecular flexibility index (Phi) is 5.54. The number of rotatable bonds is 7. The summed E-state index contributed by atoms with van der Waals surface area (Å²) in [4.78, 5) is 11.6. The van der Waals surface area contributed by atoms with Gasteiger partial charge >= 0.3 is 5.97 Å². The number of carbonyl (C=O) groups is 1. The molecule has 0 fully saturated rings. The Balaban J connectivity index is 1.63. The highest BCUT2D eigenvalue weighted by Gasteiger charge is 2.21. The van der Waals surface area contributed by atoms with Gasteiger partial charge in [0.25, 0.3) is 0 Å². The minimum Gasteiger partial charge on any atom is -0.497 e. The van der Waals surface area contributed by atoms with Crippen molar-refractivity contribution in [2.45, 2.75) is 13.2 Å². The molecule has 0 aliphatic heterocycles. The van der Waals surface area contributed by atoms with Crippen LogP contribution in [-0.4, -0.2) is 33.2 Å². The number of carboxylic acids is 1. The Bertz CT molecular complexity index is 1200. The monoisotopic (exact) mass is 423 g/mol. The molecule has 0 aliphatic carbocycles. The quantitative estimate of drug-likeness (QED) is 0.473. The summed E-state index contributed by atoms with van der Waals surface area (Å²) < 4.78 is 12.5. The van der Waals surface area contributed by atoms with E-state index in [0.29, 0.717) is 11.6 Å². The summed E-state index contributed by atoms with van der Waals surface area (Å²) in [5, 5.41) is 19.7. The molecule has 0 radical (unpaired) electrons. The SMILES string of the molecule is COc1ccc(Cn2nnc(C(=O)O)c2OCc2ccc(Cl)c3ccccc23)cc1. The van der Waals surface area contributed by atoms with Crippen LogP contribution in [0.2, 0.25) is 5.02 Å². The molecule has 4 rings (SSSR count). The lowest BCUT2D eigenvalue weighted by atomic mass is 10.1. The predicted molar refractivity (Wildman–Crippen MR) is 112 cm³/mol. The Morgan fingerprint density at radius 1 is 1.07 bits per heavy atom. The van der Waals surface area contributed by atoms with Gasteiger partial charge in [0.05, 0.1) is 13.7 Å². The van der Waals surface area contributed by atoms with Crippen molar-refractivity contribution in [1.29, 1.82) is 0 Å². The van der Waals surface area contributed by atoms with Crippen LogP contribution in [0.1, 0.15) is 21.6 Å². The average molecular weight is 424 g/mol. The molecule has 152 valence electrons. The number of aromatic nitrogens is 3. The lowest BCUT2D eigenvalue weighted by Gasteiger charge is -2.12. The van der Waals surface area contributed by atoms with Gasteiger partial charge in [-0.2, -0.15) is 0 Å². The number of ether oxygens (including phenoxy) is 2. The van der Waals surface area contributed by atoms with Crippen LogP contribution >= 0.6 is 11.6 Å². The van der Waals surface area contributed by atoms with E-state index in [4.69, 9.17) is 21.1 Å². The van der Waals surface area contributed by atoms with Crippen LogP contribution in [0, 0.1) is 0 Å². The number of carboxylic acid groups (broad SMARTS) is 1. The molecule has 7 nitrogen and oxygen atoms in total. The van der Waals surface area contributed by atoms with Gasteiger partial charge in [0, 0.05) is 10.4 Å². The lowest BCUT2D eigenvalue weighted by molar-refractivity contribution is 0.0684. The first-order valence-corrected chi connectivity index (χ1v) is 9.53. The maximum absolute atomic E-state index is 11.6. The number of hydrogen-bond donors (Lipinski definition) is 1. The van der Waals surface area contributed by atoms with Crippen molar-refractivity contribution in [3.8, 4) is 11.6 Å². The first kappa shape index (κ1) is 19.7. The second-order valence-electron chi connectivity index (χ2n) is 6.59. The highest BCUT2D eigenvalue weighted by atomic mass is 35.5. The largest absolute Gasteiger partial charge is 0.497 e. The molecule has 0 unspecified atom stereocenters.